The first kappa shape index (κ1) is 19.0. The van der Waals surface area contributed by atoms with Crippen LogP contribution in [0.4, 0.5) is 10.5 Å². The van der Waals surface area contributed by atoms with Crippen LogP contribution < -0.4 is 16.4 Å². The van der Waals surface area contributed by atoms with Gasteiger partial charge in [-0.25, -0.2) is 4.79 Å². The summed E-state index contributed by atoms with van der Waals surface area (Å²) in [5, 5.41) is 12.6. The lowest BCUT2D eigenvalue weighted by Crippen LogP contribution is -2.53. The van der Waals surface area contributed by atoms with Crippen molar-refractivity contribution in [2.75, 3.05) is 45.2 Å². The van der Waals surface area contributed by atoms with Crippen LogP contribution in [0, 0.1) is 5.41 Å². The van der Waals surface area contributed by atoms with E-state index in [1.54, 1.807) is 28.0 Å². The van der Waals surface area contributed by atoms with Crippen LogP contribution in [0.2, 0.25) is 0 Å². The highest BCUT2D eigenvalue weighted by Gasteiger charge is 2.21. The number of nitrogens with zero attached hydrogens (tertiary/aromatic N) is 2. The van der Waals surface area contributed by atoms with Gasteiger partial charge in [0.05, 0.1) is 7.11 Å². The molecule has 5 N–H and O–H groups in total. The van der Waals surface area contributed by atoms with E-state index in [0.29, 0.717) is 37.4 Å². The van der Waals surface area contributed by atoms with Crippen molar-refractivity contribution in [2.45, 2.75) is 0 Å². The van der Waals surface area contributed by atoms with E-state index in [0.717, 1.165) is 0 Å². The monoisotopic (exact) mass is 362 g/mol. The number of amides is 3. The summed E-state index contributed by atoms with van der Waals surface area (Å²) < 4.78 is 4.46. The van der Waals surface area contributed by atoms with E-state index < -0.39 is 11.9 Å². The summed E-state index contributed by atoms with van der Waals surface area (Å²) in [4.78, 5) is 38.7. The molecule has 0 atom stereocenters. The summed E-state index contributed by atoms with van der Waals surface area (Å²) in [5.74, 6) is -0.996. The summed E-state index contributed by atoms with van der Waals surface area (Å²) in [5.41, 5.74) is 6.21. The number of hydrogen-bond acceptors (Lipinski definition) is 5. The van der Waals surface area contributed by atoms with Crippen molar-refractivity contribution < 1.29 is 19.1 Å². The Bertz CT molecular complexity index is 700. The van der Waals surface area contributed by atoms with Crippen LogP contribution in [-0.2, 0) is 9.53 Å². The third-order valence-corrected chi connectivity index (χ3v) is 3.90. The van der Waals surface area contributed by atoms with Crippen LogP contribution in [0.3, 0.4) is 0 Å². The lowest BCUT2D eigenvalue weighted by Gasteiger charge is -2.34. The fourth-order valence-corrected chi connectivity index (χ4v) is 2.42. The Kier molecular flexibility index (Phi) is 6.36. The van der Waals surface area contributed by atoms with E-state index in [2.05, 4.69) is 15.4 Å². The molecule has 10 heteroatoms. The van der Waals surface area contributed by atoms with Crippen LogP contribution in [0.5, 0.6) is 0 Å². The predicted molar refractivity (Wildman–Crippen MR) is 94.9 cm³/mol. The maximum Gasteiger partial charge on any atom is 0.325 e. The summed E-state index contributed by atoms with van der Waals surface area (Å²) in [6, 6.07) is 6.11. The first-order valence-electron chi connectivity index (χ1n) is 8.00. The first-order chi connectivity index (χ1) is 12.4. The number of urea groups is 1. The van der Waals surface area contributed by atoms with Crippen molar-refractivity contribution in [3.63, 3.8) is 0 Å². The topological polar surface area (TPSA) is 141 Å². The van der Waals surface area contributed by atoms with E-state index >= 15 is 0 Å². The van der Waals surface area contributed by atoms with Gasteiger partial charge in [-0.2, -0.15) is 0 Å². The van der Waals surface area contributed by atoms with Crippen molar-refractivity contribution in [1.29, 1.82) is 5.41 Å². The minimum Gasteiger partial charge on any atom is -0.468 e. The summed E-state index contributed by atoms with van der Waals surface area (Å²) in [6.45, 7) is 1.67. The van der Waals surface area contributed by atoms with Gasteiger partial charge in [-0.1, -0.05) is 6.07 Å². The Labute approximate surface area is 150 Å². The van der Waals surface area contributed by atoms with E-state index in [1.807, 2.05) is 0 Å². The first-order valence-corrected chi connectivity index (χ1v) is 8.00. The minimum atomic E-state index is -0.549. The number of guanidine groups is 1. The van der Waals surface area contributed by atoms with Gasteiger partial charge in [0.2, 0.25) is 0 Å². The number of methoxy groups -OCH3 is 1. The minimum absolute atomic E-state index is 0.00396. The highest BCUT2D eigenvalue weighted by molar-refractivity contribution is 5.98. The average molecular weight is 362 g/mol. The molecule has 3 amide bonds. The molecule has 0 aliphatic carbocycles. The number of rotatable bonds is 4. The van der Waals surface area contributed by atoms with Crippen molar-refractivity contribution in [1.82, 2.24) is 15.1 Å². The molecule has 0 radical (unpaired) electrons. The molecule has 0 unspecified atom stereocenters. The number of hydrogen-bond donors (Lipinski definition) is 4. The third-order valence-electron chi connectivity index (χ3n) is 3.90. The normalized spacial score (nSPS) is 13.7. The molecule has 1 aliphatic heterocycles. The molecule has 0 spiro atoms. The number of esters is 1. The Balaban J connectivity index is 1.91. The number of carbonyl (C=O) groups is 3. The summed E-state index contributed by atoms with van der Waals surface area (Å²) >= 11 is 0. The van der Waals surface area contributed by atoms with Crippen molar-refractivity contribution in [3.05, 3.63) is 29.8 Å². The van der Waals surface area contributed by atoms with Gasteiger partial charge in [-0.05, 0) is 18.2 Å². The lowest BCUT2D eigenvalue weighted by atomic mass is 10.2. The second-order valence-electron chi connectivity index (χ2n) is 5.63. The Morgan fingerprint density at radius 1 is 1.19 bits per heavy atom. The largest absolute Gasteiger partial charge is 0.468 e. The van der Waals surface area contributed by atoms with E-state index in [-0.39, 0.29) is 18.5 Å². The molecule has 1 aromatic rings. The van der Waals surface area contributed by atoms with Gasteiger partial charge < -0.3 is 30.9 Å². The molecule has 26 heavy (non-hydrogen) atoms. The number of piperazine rings is 1. The van der Waals surface area contributed by atoms with Crippen LogP contribution >= 0.6 is 0 Å². The van der Waals surface area contributed by atoms with Gasteiger partial charge in [0.1, 0.15) is 6.54 Å². The maximum absolute atomic E-state index is 12.3. The lowest BCUT2D eigenvalue weighted by molar-refractivity contribution is -0.139. The smallest absolute Gasteiger partial charge is 0.325 e. The van der Waals surface area contributed by atoms with Gasteiger partial charge in [0, 0.05) is 37.4 Å². The Hall–Kier alpha value is -3.30. The van der Waals surface area contributed by atoms with Crippen LogP contribution in [0.15, 0.2) is 24.3 Å². The molecule has 1 fully saturated rings. The zero-order chi connectivity index (χ0) is 19.1. The number of carbonyl (C=O) groups excluding carboxylic acids is 3. The van der Waals surface area contributed by atoms with Crippen molar-refractivity contribution in [3.8, 4) is 0 Å². The van der Waals surface area contributed by atoms with Gasteiger partial charge in [0.25, 0.3) is 5.91 Å². The quantitative estimate of drug-likeness (QED) is 0.327. The highest BCUT2D eigenvalue weighted by Crippen LogP contribution is 2.12. The van der Waals surface area contributed by atoms with Crippen molar-refractivity contribution in [2.24, 2.45) is 5.73 Å². The summed E-state index contributed by atoms with van der Waals surface area (Å²) in [7, 11) is 1.24. The maximum atomic E-state index is 12.3. The molecule has 1 saturated heterocycles. The average Bonchev–Trinajstić information content (AvgIpc) is 2.66. The SMILES string of the molecule is COC(=O)CNC(=O)c1cccc(NC(=O)N2CCN(C(=N)N)CC2)c1. The van der Waals surface area contributed by atoms with Crippen LogP contribution in [0.1, 0.15) is 10.4 Å². The molecule has 140 valence electrons. The fraction of sp³-hybridized carbons (Fsp3) is 0.375. The molecule has 2 rings (SSSR count). The zero-order valence-electron chi connectivity index (χ0n) is 14.4. The number of nitrogens with two attached hydrogens (primary N) is 1. The van der Waals surface area contributed by atoms with Crippen molar-refractivity contribution >= 4 is 29.6 Å². The fourth-order valence-electron chi connectivity index (χ4n) is 2.42. The number of ether oxygens (including phenoxy) is 1. The van der Waals surface area contributed by atoms with Gasteiger partial charge in [0.15, 0.2) is 5.96 Å². The third kappa shape index (κ3) is 5.10. The van der Waals surface area contributed by atoms with E-state index in [9.17, 15) is 14.4 Å². The van der Waals surface area contributed by atoms with Gasteiger partial charge >= 0.3 is 12.0 Å². The second-order valence-corrected chi connectivity index (χ2v) is 5.63. The van der Waals surface area contributed by atoms with Gasteiger partial charge in [-0.15, -0.1) is 0 Å². The Morgan fingerprint density at radius 3 is 2.46 bits per heavy atom. The van der Waals surface area contributed by atoms with E-state index in [1.165, 1.54) is 13.2 Å². The molecule has 0 saturated carbocycles. The molecule has 1 aromatic carbocycles. The molecule has 1 heterocycles. The van der Waals surface area contributed by atoms with Gasteiger partial charge in [-0.3, -0.25) is 15.0 Å². The molecular weight excluding hydrogens is 340 g/mol. The number of nitrogens with one attached hydrogen (secondary N) is 3. The molecular formula is C16H22N6O4. The molecule has 1 aliphatic rings. The van der Waals surface area contributed by atoms with Crippen LogP contribution in [-0.4, -0.2) is 73.5 Å². The van der Waals surface area contributed by atoms with Crippen LogP contribution in [0.25, 0.3) is 0 Å². The molecule has 0 aromatic heterocycles. The zero-order valence-corrected chi connectivity index (χ0v) is 14.4. The number of anilines is 1. The Morgan fingerprint density at radius 2 is 1.85 bits per heavy atom. The molecule has 0 bridgehead atoms. The van der Waals surface area contributed by atoms with E-state index in [4.69, 9.17) is 11.1 Å². The molecule has 10 nitrogen and oxygen atoms in total. The summed E-state index contributed by atoms with van der Waals surface area (Å²) in [6.07, 6.45) is 0. The number of benzene rings is 1. The second kappa shape index (κ2) is 8.70. The predicted octanol–water partition coefficient (Wildman–Crippen LogP) is -0.368. The highest BCUT2D eigenvalue weighted by atomic mass is 16.5. The standard InChI is InChI=1S/C16H22N6O4/c1-26-13(23)10-19-14(24)11-3-2-4-12(9-11)20-16(25)22-7-5-21(6-8-22)15(17)18/h2-4,9H,5-8,10H2,1H3,(H3,17,18)(H,19,24)(H,20,25).